The standard InChI is InChI=1S/C20H21N3O5S/c1-5-6-12-11-22(19(25)28-20(2,3)4)18(24)23(12)17-21-15-14(29-17)8-7-13-16(15)27-10-9-26-13/h7-8,12H,9-11H2,1-4H3. The van der Waals surface area contributed by atoms with Crippen LogP contribution in [0.3, 0.4) is 0 Å². The van der Waals surface area contributed by atoms with Crippen LogP contribution in [0, 0.1) is 11.8 Å². The van der Waals surface area contributed by atoms with Crippen LogP contribution >= 0.6 is 11.3 Å². The lowest BCUT2D eigenvalue weighted by Gasteiger charge is -2.23. The number of carbonyl (C=O) groups excluding carboxylic acids is 2. The number of amides is 3. The van der Waals surface area contributed by atoms with Gasteiger partial charge in [0.1, 0.15) is 30.4 Å². The lowest BCUT2D eigenvalue weighted by atomic mass is 10.2. The van der Waals surface area contributed by atoms with Gasteiger partial charge < -0.3 is 14.2 Å². The van der Waals surface area contributed by atoms with Crippen LogP contribution < -0.4 is 14.4 Å². The molecular formula is C20H21N3O5S. The van der Waals surface area contributed by atoms with Gasteiger partial charge in [-0.25, -0.2) is 19.5 Å². The van der Waals surface area contributed by atoms with E-state index in [1.807, 2.05) is 12.1 Å². The van der Waals surface area contributed by atoms with Crippen LogP contribution in [-0.4, -0.2) is 53.4 Å². The number of hydrogen-bond acceptors (Lipinski definition) is 7. The van der Waals surface area contributed by atoms with Crippen molar-refractivity contribution >= 4 is 38.8 Å². The molecule has 0 aliphatic carbocycles. The number of nitrogens with zero attached hydrogens (tertiary/aromatic N) is 3. The fraction of sp³-hybridized carbons (Fsp3) is 0.450. The number of rotatable bonds is 1. The molecule has 152 valence electrons. The van der Waals surface area contributed by atoms with Crippen LogP contribution in [-0.2, 0) is 4.74 Å². The maximum Gasteiger partial charge on any atom is 0.418 e. The van der Waals surface area contributed by atoms with Crippen LogP contribution in [0.5, 0.6) is 11.5 Å². The smallest absolute Gasteiger partial charge is 0.418 e. The number of anilines is 1. The van der Waals surface area contributed by atoms with Gasteiger partial charge in [-0.1, -0.05) is 17.3 Å². The number of aromatic nitrogens is 1. The minimum atomic E-state index is -0.705. The first-order valence-electron chi connectivity index (χ1n) is 9.23. The quantitative estimate of drug-likeness (QED) is 0.662. The first kappa shape index (κ1) is 19.3. The summed E-state index contributed by atoms with van der Waals surface area (Å²) in [5.41, 5.74) is -0.0721. The summed E-state index contributed by atoms with van der Waals surface area (Å²) in [6, 6.07) is 2.71. The molecule has 1 saturated heterocycles. The number of benzene rings is 1. The highest BCUT2D eigenvalue weighted by Gasteiger charge is 2.44. The Morgan fingerprint density at radius 3 is 2.79 bits per heavy atom. The molecule has 1 fully saturated rings. The van der Waals surface area contributed by atoms with E-state index in [1.54, 1.807) is 27.7 Å². The molecule has 1 aromatic heterocycles. The number of carbonyl (C=O) groups is 2. The fourth-order valence-corrected chi connectivity index (χ4v) is 4.16. The summed E-state index contributed by atoms with van der Waals surface area (Å²) in [5, 5.41) is 0.450. The number of imide groups is 1. The minimum Gasteiger partial charge on any atom is -0.486 e. The molecular weight excluding hydrogens is 394 g/mol. The third-order valence-corrected chi connectivity index (χ3v) is 5.31. The molecule has 2 aliphatic rings. The minimum absolute atomic E-state index is 0.113. The third kappa shape index (κ3) is 3.56. The van der Waals surface area contributed by atoms with E-state index >= 15 is 0 Å². The molecule has 0 radical (unpaired) electrons. The van der Waals surface area contributed by atoms with Crippen molar-refractivity contribution in [3.8, 4) is 23.3 Å². The molecule has 3 amide bonds. The Labute approximate surface area is 172 Å². The van der Waals surface area contributed by atoms with Gasteiger partial charge in [-0.15, -0.1) is 5.92 Å². The molecule has 9 heteroatoms. The Balaban J connectivity index is 1.71. The number of urea groups is 1. The van der Waals surface area contributed by atoms with Crippen LogP contribution in [0.4, 0.5) is 14.7 Å². The van der Waals surface area contributed by atoms with E-state index < -0.39 is 23.8 Å². The first-order chi connectivity index (χ1) is 13.8. The molecule has 8 nitrogen and oxygen atoms in total. The fourth-order valence-electron chi connectivity index (χ4n) is 3.15. The molecule has 0 bridgehead atoms. The second-order valence-electron chi connectivity index (χ2n) is 7.59. The Kier molecular flexibility index (Phi) is 4.74. The molecule has 29 heavy (non-hydrogen) atoms. The topological polar surface area (TPSA) is 81.2 Å². The zero-order chi connectivity index (χ0) is 20.8. The van der Waals surface area contributed by atoms with E-state index in [0.29, 0.717) is 35.4 Å². The van der Waals surface area contributed by atoms with E-state index in [-0.39, 0.29) is 6.54 Å². The predicted octanol–water partition coefficient (Wildman–Crippen LogP) is 3.64. The second kappa shape index (κ2) is 7.12. The summed E-state index contributed by atoms with van der Waals surface area (Å²) in [6.45, 7) is 8.00. The van der Waals surface area contributed by atoms with E-state index in [4.69, 9.17) is 14.2 Å². The summed E-state index contributed by atoms with van der Waals surface area (Å²) in [6.07, 6.45) is -0.692. The first-order valence-corrected chi connectivity index (χ1v) is 10.1. The largest absolute Gasteiger partial charge is 0.486 e. The highest BCUT2D eigenvalue weighted by molar-refractivity contribution is 7.22. The maximum atomic E-state index is 13.1. The van der Waals surface area contributed by atoms with Crippen molar-refractivity contribution in [1.82, 2.24) is 9.88 Å². The van der Waals surface area contributed by atoms with Crippen LogP contribution in [0.25, 0.3) is 10.2 Å². The number of thiazole rings is 1. The summed E-state index contributed by atoms with van der Waals surface area (Å²) in [7, 11) is 0. The number of ether oxygens (including phenoxy) is 3. The van der Waals surface area contributed by atoms with Crippen LogP contribution in [0.2, 0.25) is 0 Å². The normalized spacial score (nSPS) is 18.6. The van der Waals surface area contributed by atoms with Crippen molar-refractivity contribution in [2.75, 3.05) is 24.7 Å². The lowest BCUT2D eigenvalue weighted by molar-refractivity contribution is 0.0352. The highest BCUT2D eigenvalue weighted by Crippen LogP contribution is 2.42. The molecule has 4 rings (SSSR count). The molecule has 0 saturated carbocycles. The summed E-state index contributed by atoms with van der Waals surface area (Å²) in [4.78, 5) is 32.7. The van der Waals surface area contributed by atoms with Crippen molar-refractivity contribution in [2.24, 2.45) is 0 Å². The van der Waals surface area contributed by atoms with E-state index in [0.717, 1.165) is 9.60 Å². The Hall–Kier alpha value is -2.99. The second-order valence-corrected chi connectivity index (χ2v) is 8.60. The lowest BCUT2D eigenvalue weighted by Crippen LogP contribution is -2.40. The van der Waals surface area contributed by atoms with Gasteiger partial charge in [0.2, 0.25) is 0 Å². The van der Waals surface area contributed by atoms with Gasteiger partial charge in [0.15, 0.2) is 16.6 Å². The molecule has 0 N–H and O–H groups in total. The average Bonchev–Trinajstić information content (AvgIpc) is 3.21. The van der Waals surface area contributed by atoms with Gasteiger partial charge in [0, 0.05) is 0 Å². The SMILES string of the molecule is CC#CC1CN(C(=O)OC(C)(C)C)C(=O)N1c1nc2c3c(ccc2s1)OCCO3. The maximum absolute atomic E-state index is 13.1. The molecule has 0 spiro atoms. The highest BCUT2D eigenvalue weighted by atomic mass is 32.1. The molecule has 1 atom stereocenters. The Morgan fingerprint density at radius 1 is 1.31 bits per heavy atom. The van der Waals surface area contributed by atoms with Crippen LogP contribution in [0.1, 0.15) is 27.7 Å². The predicted molar refractivity (Wildman–Crippen MR) is 109 cm³/mol. The van der Waals surface area contributed by atoms with Gasteiger partial charge in [0.25, 0.3) is 0 Å². The van der Waals surface area contributed by atoms with Gasteiger partial charge >= 0.3 is 12.1 Å². The third-order valence-electron chi connectivity index (χ3n) is 4.29. The zero-order valence-corrected chi connectivity index (χ0v) is 17.5. The van der Waals surface area contributed by atoms with Gasteiger partial charge in [-0.2, -0.15) is 0 Å². The van der Waals surface area contributed by atoms with E-state index in [9.17, 15) is 9.59 Å². The number of hydrogen-bond donors (Lipinski definition) is 0. The van der Waals surface area contributed by atoms with Crippen molar-refractivity contribution in [2.45, 2.75) is 39.3 Å². The van der Waals surface area contributed by atoms with Crippen molar-refractivity contribution in [3.63, 3.8) is 0 Å². The molecule has 2 aliphatic heterocycles. The number of fused-ring (bicyclic) bond motifs is 3. The summed E-state index contributed by atoms with van der Waals surface area (Å²) in [5.74, 6) is 7.03. The monoisotopic (exact) mass is 415 g/mol. The summed E-state index contributed by atoms with van der Waals surface area (Å²) < 4.78 is 17.6. The summed E-state index contributed by atoms with van der Waals surface area (Å²) >= 11 is 1.34. The average molecular weight is 415 g/mol. The van der Waals surface area contributed by atoms with Gasteiger partial charge in [-0.3, -0.25) is 4.90 Å². The van der Waals surface area contributed by atoms with Crippen molar-refractivity contribution in [3.05, 3.63) is 12.1 Å². The molecule has 2 aromatic rings. The van der Waals surface area contributed by atoms with E-state index in [2.05, 4.69) is 16.8 Å². The Bertz CT molecular complexity index is 1050. The van der Waals surface area contributed by atoms with Gasteiger partial charge in [-0.05, 0) is 39.8 Å². The Morgan fingerprint density at radius 2 is 2.07 bits per heavy atom. The van der Waals surface area contributed by atoms with Gasteiger partial charge in [0.05, 0.1) is 11.2 Å². The molecule has 3 heterocycles. The molecule has 1 aromatic carbocycles. The molecule has 1 unspecified atom stereocenters. The van der Waals surface area contributed by atoms with Crippen molar-refractivity contribution < 1.29 is 23.8 Å². The van der Waals surface area contributed by atoms with Crippen molar-refractivity contribution in [1.29, 1.82) is 0 Å². The van der Waals surface area contributed by atoms with E-state index in [1.165, 1.54) is 16.2 Å². The van der Waals surface area contributed by atoms with Crippen LogP contribution in [0.15, 0.2) is 12.1 Å². The zero-order valence-electron chi connectivity index (χ0n) is 16.6.